The lowest BCUT2D eigenvalue weighted by atomic mass is 10.00. The minimum Gasteiger partial charge on any atom is -0.481 e. The molecule has 1 atom stereocenters. The topological polar surface area (TPSA) is 104 Å². The zero-order valence-corrected chi connectivity index (χ0v) is 24.2. The number of fused-ring (bicyclic) bond motifs is 1. The lowest BCUT2D eigenvalue weighted by Gasteiger charge is -2.23. The summed E-state index contributed by atoms with van der Waals surface area (Å²) in [5.74, 6) is -3.69. The number of nitrogens with one attached hydrogen (secondary N) is 1. The molecular weight excluding hydrogens is 549 g/mol. The van der Waals surface area contributed by atoms with Crippen molar-refractivity contribution in [3.8, 4) is 5.88 Å². The number of pyridine rings is 1. The Morgan fingerprint density at radius 2 is 1.86 bits per heavy atom. The number of aryl methyl sites for hydroxylation is 1. The van der Waals surface area contributed by atoms with Crippen molar-refractivity contribution in [2.75, 3.05) is 45.1 Å². The van der Waals surface area contributed by atoms with Gasteiger partial charge in [0, 0.05) is 43.3 Å². The molecule has 0 aliphatic carbocycles. The Bertz CT molecular complexity index is 1620. The van der Waals surface area contributed by atoms with Crippen molar-refractivity contribution in [1.29, 1.82) is 0 Å². The van der Waals surface area contributed by atoms with E-state index in [1.807, 2.05) is 36.2 Å². The van der Waals surface area contributed by atoms with Gasteiger partial charge in [-0.15, -0.1) is 0 Å². The van der Waals surface area contributed by atoms with E-state index < -0.39 is 30.0 Å². The molecule has 2 aromatic carbocycles. The highest BCUT2D eigenvalue weighted by Crippen LogP contribution is 2.35. The highest BCUT2D eigenvalue weighted by atomic mass is 19.3. The number of ether oxygens (including phenoxy) is 1. The van der Waals surface area contributed by atoms with Gasteiger partial charge in [-0.25, -0.2) is 19.3 Å². The maximum absolute atomic E-state index is 15.2. The number of hydrogen-bond donors (Lipinski definition) is 2. The van der Waals surface area contributed by atoms with Gasteiger partial charge in [0.25, 0.3) is 5.92 Å². The first-order chi connectivity index (χ1) is 19.9. The number of hydrogen-bond acceptors (Lipinski definition) is 8. The predicted molar refractivity (Wildman–Crippen MR) is 155 cm³/mol. The van der Waals surface area contributed by atoms with Gasteiger partial charge >= 0.3 is 0 Å². The van der Waals surface area contributed by atoms with Gasteiger partial charge in [0.1, 0.15) is 24.1 Å². The Kier molecular flexibility index (Phi) is 8.86. The zero-order chi connectivity index (χ0) is 30.8. The van der Waals surface area contributed by atoms with E-state index >= 15 is 4.39 Å². The first kappa shape index (κ1) is 30.5. The Morgan fingerprint density at radius 1 is 1.12 bits per heavy atom. The van der Waals surface area contributed by atoms with E-state index in [0.717, 1.165) is 11.8 Å². The number of aliphatic hydroxyl groups excluding tert-OH is 1. The molecule has 0 radical (unpaired) electrons. The Labute approximate surface area is 242 Å². The largest absolute Gasteiger partial charge is 0.481 e. The summed E-state index contributed by atoms with van der Waals surface area (Å²) in [6.07, 6.45) is 1.75. The van der Waals surface area contributed by atoms with E-state index in [4.69, 9.17) is 9.84 Å². The number of nitrogens with zero attached hydrogens (tertiary/aromatic N) is 5. The number of methoxy groups -OCH3 is 1. The summed E-state index contributed by atoms with van der Waals surface area (Å²) in [6, 6.07) is 10.3. The van der Waals surface area contributed by atoms with Crippen molar-refractivity contribution in [3.63, 3.8) is 0 Å². The van der Waals surface area contributed by atoms with Crippen LogP contribution in [-0.4, -0.2) is 65.7 Å². The minimum atomic E-state index is -3.71. The number of benzene rings is 2. The molecule has 1 unspecified atom stereocenters. The third-order valence-corrected chi connectivity index (χ3v) is 6.95. The summed E-state index contributed by atoms with van der Waals surface area (Å²) in [6.45, 7) is 1.86. The van der Waals surface area contributed by atoms with Crippen LogP contribution in [0.25, 0.3) is 10.9 Å². The molecule has 0 saturated heterocycles. The van der Waals surface area contributed by atoms with Crippen LogP contribution in [0.2, 0.25) is 0 Å². The molecule has 0 saturated carbocycles. The third kappa shape index (κ3) is 6.23. The van der Waals surface area contributed by atoms with E-state index in [1.165, 1.54) is 24.1 Å². The summed E-state index contributed by atoms with van der Waals surface area (Å²) in [4.78, 5) is 29.2. The molecule has 222 valence electrons. The SMILES string of the molecule is COc1ncc(N(C)c2ccc3nc(C)nc(NC(C)c4cccc(C(F)(F)CO)c4F)c3c2)cc1CC(=O)N(C)C. The average Bonchev–Trinajstić information content (AvgIpc) is 2.96. The second-order valence-electron chi connectivity index (χ2n) is 10.1. The number of likely N-dealkylation sites (N-methyl/N-ethyl adjacent to an activating group) is 1. The fourth-order valence-electron chi connectivity index (χ4n) is 4.54. The van der Waals surface area contributed by atoms with Gasteiger partial charge in [-0.05, 0) is 44.2 Å². The van der Waals surface area contributed by atoms with Crippen LogP contribution in [-0.2, 0) is 17.1 Å². The van der Waals surface area contributed by atoms with Crippen LogP contribution in [0.4, 0.5) is 30.4 Å². The van der Waals surface area contributed by atoms with Gasteiger partial charge < -0.3 is 25.0 Å². The van der Waals surface area contributed by atoms with Gasteiger partial charge in [0.05, 0.1) is 42.5 Å². The highest BCUT2D eigenvalue weighted by molar-refractivity contribution is 5.92. The Morgan fingerprint density at radius 3 is 2.52 bits per heavy atom. The molecule has 2 N–H and O–H groups in total. The van der Waals surface area contributed by atoms with Gasteiger partial charge in [0.2, 0.25) is 11.8 Å². The van der Waals surface area contributed by atoms with Gasteiger partial charge in [-0.2, -0.15) is 8.78 Å². The average molecular weight is 583 g/mol. The van der Waals surface area contributed by atoms with Crippen molar-refractivity contribution in [1.82, 2.24) is 19.9 Å². The first-order valence-electron chi connectivity index (χ1n) is 13.2. The van der Waals surface area contributed by atoms with Crippen LogP contribution in [0.3, 0.4) is 0 Å². The monoisotopic (exact) mass is 582 g/mol. The zero-order valence-electron chi connectivity index (χ0n) is 24.2. The van der Waals surface area contributed by atoms with Gasteiger partial charge in [-0.1, -0.05) is 12.1 Å². The molecule has 2 heterocycles. The Hall–Kier alpha value is -4.45. The molecule has 4 aromatic rings. The molecule has 1 amide bonds. The van der Waals surface area contributed by atoms with Crippen LogP contribution >= 0.6 is 0 Å². The van der Waals surface area contributed by atoms with E-state index in [-0.39, 0.29) is 17.9 Å². The van der Waals surface area contributed by atoms with Crippen LogP contribution < -0.4 is 15.0 Å². The number of aromatic nitrogens is 3. The smallest absolute Gasteiger partial charge is 0.298 e. The molecule has 9 nitrogen and oxygen atoms in total. The fourth-order valence-corrected chi connectivity index (χ4v) is 4.54. The van der Waals surface area contributed by atoms with Crippen molar-refractivity contribution < 1.29 is 27.8 Å². The van der Waals surface area contributed by atoms with E-state index in [2.05, 4.69) is 20.3 Å². The van der Waals surface area contributed by atoms with Gasteiger partial charge in [-0.3, -0.25) is 4.79 Å². The molecular formula is C30H33F3N6O3. The maximum atomic E-state index is 15.2. The summed E-state index contributed by atoms with van der Waals surface area (Å²) >= 11 is 0. The molecule has 0 aliphatic rings. The summed E-state index contributed by atoms with van der Waals surface area (Å²) in [5.41, 5.74) is 1.84. The summed E-state index contributed by atoms with van der Waals surface area (Å²) in [5, 5.41) is 12.8. The molecule has 4 rings (SSSR count). The molecule has 0 fully saturated rings. The Balaban J connectivity index is 1.70. The number of carbonyl (C=O) groups excluding carboxylic acids is 1. The number of rotatable bonds is 10. The molecule has 0 aliphatic heterocycles. The van der Waals surface area contributed by atoms with Gasteiger partial charge in [0.15, 0.2) is 0 Å². The van der Waals surface area contributed by atoms with Crippen molar-refractivity contribution in [2.24, 2.45) is 0 Å². The summed E-state index contributed by atoms with van der Waals surface area (Å²) in [7, 11) is 6.70. The number of halogens is 3. The van der Waals surface area contributed by atoms with Crippen molar-refractivity contribution >= 4 is 34.0 Å². The second-order valence-corrected chi connectivity index (χ2v) is 10.1. The van der Waals surface area contributed by atoms with Crippen LogP contribution in [0.5, 0.6) is 5.88 Å². The maximum Gasteiger partial charge on any atom is 0.298 e. The highest BCUT2D eigenvalue weighted by Gasteiger charge is 2.35. The minimum absolute atomic E-state index is 0.00224. The number of carbonyl (C=O) groups is 1. The van der Waals surface area contributed by atoms with E-state index in [9.17, 15) is 13.6 Å². The van der Waals surface area contributed by atoms with Crippen molar-refractivity contribution in [2.45, 2.75) is 32.2 Å². The second kappa shape index (κ2) is 12.2. The molecule has 0 bridgehead atoms. The van der Waals surface area contributed by atoms with Crippen LogP contribution in [0.15, 0.2) is 48.7 Å². The molecule has 0 spiro atoms. The predicted octanol–water partition coefficient (Wildman–Crippen LogP) is 5.14. The van der Waals surface area contributed by atoms with Crippen molar-refractivity contribution in [3.05, 3.63) is 77.0 Å². The molecule has 2 aromatic heterocycles. The number of alkyl halides is 2. The number of amides is 1. The lowest BCUT2D eigenvalue weighted by Crippen LogP contribution is -2.24. The quantitative estimate of drug-likeness (QED) is 0.265. The number of anilines is 3. The normalized spacial score (nSPS) is 12.2. The van der Waals surface area contributed by atoms with E-state index in [1.54, 1.807) is 34.1 Å². The van der Waals surface area contributed by atoms with Crippen LogP contribution in [0, 0.1) is 12.7 Å². The standard InChI is InChI=1S/C30H33F3N6O3/c1-17(22-8-7-9-24(27(22)31)30(32,33)16-40)35-28-23-14-20(10-11-25(23)36-18(2)37-28)39(5)21-12-19(13-26(41)38(3)4)29(42-6)34-15-21/h7-12,14-15,17,40H,13,16H2,1-6H3,(H,35,36,37). The molecule has 12 heteroatoms. The first-order valence-corrected chi connectivity index (χ1v) is 13.2. The summed E-state index contributed by atoms with van der Waals surface area (Å²) < 4.78 is 48.8. The molecule has 42 heavy (non-hydrogen) atoms. The van der Waals surface area contributed by atoms with Crippen LogP contribution in [0.1, 0.15) is 35.5 Å². The van der Waals surface area contributed by atoms with E-state index in [0.29, 0.717) is 39.7 Å². The lowest BCUT2D eigenvalue weighted by molar-refractivity contribution is -0.128. The fraction of sp³-hybridized carbons (Fsp3) is 0.333. The number of aliphatic hydroxyl groups is 1. The third-order valence-electron chi connectivity index (χ3n) is 6.95.